The third kappa shape index (κ3) is 12.4. The highest BCUT2D eigenvalue weighted by Crippen LogP contribution is 2.47. The Morgan fingerprint density at radius 3 is 0.848 bits per heavy atom. The second-order valence-corrected chi connectivity index (χ2v) is 30.2. The van der Waals surface area contributed by atoms with Crippen LogP contribution in [-0.2, 0) is 0 Å². The van der Waals surface area contributed by atoms with Crippen LogP contribution in [0.5, 0.6) is 0 Å². The fraction of sp³-hybridized carbons (Fsp3) is 0. The number of hydrogen-bond acceptors (Lipinski definition) is 2. The lowest BCUT2D eigenvalue weighted by Crippen LogP contribution is -2.31. The second kappa shape index (κ2) is 28.8. The standard InChI is InChI=1S/C54H34.C30H21BO2.C24H15Br/c1-2-13-37-31-39(24-23-35(37)11-1)38-14-9-15-43(33-38)53-49-17-5-7-19-51(49)54(52-20-8-6-18-50(52)53)44-28-26-40-32-42(27-25-41(40)34-44)46-21-10-22-47-45-16-4-3-12-36(45)29-30-48(46)47;32-31(33)30-27-14-5-3-12-25(27)29(26-13-4-6-15-28(26)30)24-11-7-10-22(19-24)23-17-16-20-8-1-2-9-21(20)18-23;25-20-12-10-17-14-19(9-8-18(17)15-20)22-6-3-7-23-21-5-2-1-4-16(21)11-13-24(22)23/h1-34H;1-19,32-33H;1-15H. The molecule has 22 aromatic rings. The molecule has 2 N–H and O–H groups in total. The molecule has 0 atom stereocenters. The lowest BCUT2D eigenvalue weighted by Gasteiger charge is -2.18. The molecule has 0 spiro atoms. The zero-order chi connectivity index (χ0) is 74.8. The molecular weight excluding hydrogens is 1420 g/mol. The van der Waals surface area contributed by atoms with Crippen LogP contribution in [-0.4, -0.2) is 17.2 Å². The third-order valence-electron chi connectivity index (χ3n) is 22.8. The average Bonchev–Trinajstić information content (AvgIpc) is 0.744. The Bertz CT molecular complexity index is 7410. The van der Waals surface area contributed by atoms with Crippen molar-refractivity contribution >= 4 is 158 Å². The van der Waals surface area contributed by atoms with Crippen molar-refractivity contribution in [3.8, 4) is 77.9 Å². The van der Waals surface area contributed by atoms with Crippen LogP contribution in [0.25, 0.3) is 207 Å². The minimum atomic E-state index is -1.54. The van der Waals surface area contributed by atoms with Crippen molar-refractivity contribution in [1.82, 2.24) is 0 Å². The largest absolute Gasteiger partial charge is 0.489 e. The molecule has 22 aromatic carbocycles. The summed E-state index contributed by atoms with van der Waals surface area (Å²) >= 11 is 3.55. The van der Waals surface area contributed by atoms with Gasteiger partial charge in [-0.3, -0.25) is 0 Å². The summed E-state index contributed by atoms with van der Waals surface area (Å²) in [5.74, 6) is 0. The molecule has 0 aliphatic carbocycles. The van der Waals surface area contributed by atoms with Crippen molar-refractivity contribution in [1.29, 1.82) is 0 Å². The molecule has 0 aliphatic rings. The fourth-order valence-electron chi connectivity index (χ4n) is 17.5. The van der Waals surface area contributed by atoms with E-state index >= 15 is 0 Å². The fourth-order valence-corrected chi connectivity index (χ4v) is 17.9. The Morgan fingerprint density at radius 1 is 0.161 bits per heavy atom. The van der Waals surface area contributed by atoms with Gasteiger partial charge < -0.3 is 10.0 Å². The van der Waals surface area contributed by atoms with E-state index in [1.54, 1.807) is 0 Å². The highest BCUT2D eigenvalue weighted by atomic mass is 79.9. The lowest BCUT2D eigenvalue weighted by molar-refractivity contribution is 0.426. The molecule has 0 unspecified atom stereocenters. The Kier molecular flexibility index (Phi) is 17.4. The van der Waals surface area contributed by atoms with Gasteiger partial charge in [-0.1, -0.05) is 374 Å². The molecule has 0 heterocycles. The van der Waals surface area contributed by atoms with Crippen LogP contribution in [0.15, 0.2) is 417 Å². The molecule has 0 saturated carbocycles. The van der Waals surface area contributed by atoms with Gasteiger partial charge in [0.15, 0.2) is 0 Å². The van der Waals surface area contributed by atoms with E-state index in [-0.39, 0.29) is 0 Å². The van der Waals surface area contributed by atoms with Gasteiger partial charge in [0.05, 0.1) is 0 Å². The summed E-state index contributed by atoms with van der Waals surface area (Å²) in [7, 11) is -1.54. The van der Waals surface area contributed by atoms with Crippen LogP contribution in [0.2, 0.25) is 0 Å². The van der Waals surface area contributed by atoms with E-state index in [0.29, 0.717) is 5.46 Å². The molecule has 22 rings (SSSR count). The van der Waals surface area contributed by atoms with E-state index in [4.69, 9.17) is 0 Å². The van der Waals surface area contributed by atoms with Gasteiger partial charge in [-0.2, -0.15) is 0 Å². The number of benzene rings is 22. The molecule has 0 radical (unpaired) electrons. The predicted molar refractivity (Wildman–Crippen MR) is 485 cm³/mol. The number of rotatable bonds is 8. The molecule has 524 valence electrons. The smallest absolute Gasteiger partial charge is 0.423 e. The van der Waals surface area contributed by atoms with Crippen molar-refractivity contribution in [2.24, 2.45) is 0 Å². The Balaban J connectivity index is 0.000000120. The van der Waals surface area contributed by atoms with Crippen molar-refractivity contribution in [3.63, 3.8) is 0 Å². The molecule has 0 saturated heterocycles. The highest BCUT2D eigenvalue weighted by molar-refractivity contribution is 9.10. The zero-order valence-corrected chi connectivity index (χ0v) is 62.7. The summed E-state index contributed by atoms with van der Waals surface area (Å²) in [5.41, 5.74) is 17.6. The Hall–Kier alpha value is -13.6. The maximum atomic E-state index is 10.2. The van der Waals surface area contributed by atoms with Gasteiger partial charge in [0, 0.05) is 4.47 Å². The van der Waals surface area contributed by atoms with Crippen LogP contribution in [0.4, 0.5) is 0 Å². The number of fused-ring (bicyclic) bond motifs is 14. The minimum absolute atomic E-state index is 0.552. The molecule has 0 aliphatic heterocycles. The maximum Gasteiger partial charge on any atom is 0.489 e. The monoisotopic (exact) mass is 1490 g/mol. The van der Waals surface area contributed by atoms with E-state index in [1.807, 2.05) is 36.4 Å². The van der Waals surface area contributed by atoms with E-state index in [2.05, 4.69) is 392 Å². The van der Waals surface area contributed by atoms with Gasteiger partial charge in [-0.15, -0.1) is 0 Å². The van der Waals surface area contributed by atoms with Gasteiger partial charge in [-0.25, -0.2) is 0 Å². The summed E-state index contributed by atoms with van der Waals surface area (Å²) in [4.78, 5) is 0. The normalized spacial score (nSPS) is 11.5. The number of hydrogen-bond donors (Lipinski definition) is 2. The van der Waals surface area contributed by atoms with Crippen molar-refractivity contribution < 1.29 is 10.0 Å². The van der Waals surface area contributed by atoms with Gasteiger partial charge in [0.25, 0.3) is 0 Å². The van der Waals surface area contributed by atoms with Crippen molar-refractivity contribution in [2.45, 2.75) is 0 Å². The van der Waals surface area contributed by atoms with Gasteiger partial charge in [0.2, 0.25) is 0 Å². The Morgan fingerprint density at radius 2 is 0.420 bits per heavy atom. The van der Waals surface area contributed by atoms with Gasteiger partial charge in [0.1, 0.15) is 0 Å². The highest BCUT2D eigenvalue weighted by Gasteiger charge is 2.24. The first kappa shape index (κ1) is 67.8. The summed E-state index contributed by atoms with van der Waals surface area (Å²) < 4.78 is 1.12. The molecule has 2 nitrogen and oxygen atoms in total. The summed E-state index contributed by atoms with van der Waals surface area (Å²) in [6.45, 7) is 0. The molecule has 0 bridgehead atoms. The van der Waals surface area contributed by atoms with Crippen LogP contribution >= 0.6 is 15.9 Å². The molecule has 112 heavy (non-hydrogen) atoms. The molecule has 0 fully saturated rings. The van der Waals surface area contributed by atoms with E-state index in [1.165, 1.54) is 169 Å². The first-order valence-electron chi connectivity index (χ1n) is 38.2. The third-order valence-corrected chi connectivity index (χ3v) is 23.3. The molecule has 0 amide bonds. The topological polar surface area (TPSA) is 40.5 Å². The lowest BCUT2D eigenvalue weighted by atomic mass is 9.72. The first-order chi connectivity index (χ1) is 55.3. The van der Waals surface area contributed by atoms with Gasteiger partial charge >= 0.3 is 7.12 Å². The maximum absolute atomic E-state index is 10.2. The van der Waals surface area contributed by atoms with E-state index < -0.39 is 7.12 Å². The van der Waals surface area contributed by atoms with Crippen LogP contribution < -0.4 is 5.46 Å². The summed E-state index contributed by atoms with van der Waals surface area (Å²) in [6, 6.07) is 148. The average molecular weight is 1490 g/mol. The minimum Gasteiger partial charge on any atom is -0.423 e. The summed E-state index contributed by atoms with van der Waals surface area (Å²) in [6.07, 6.45) is 0. The van der Waals surface area contributed by atoms with Crippen molar-refractivity contribution in [2.75, 3.05) is 0 Å². The Labute approximate surface area is 657 Å². The predicted octanol–water partition coefficient (Wildman–Crippen LogP) is 29.0. The first-order valence-corrected chi connectivity index (χ1v) is 39.0. The molecular formula is C108H70BBrO2. The van der Waals surface area contributed by atoms with Crippen LogP contribution in [0.3, 0.4) is 0 Å². The SMILES string of the molecule is Brc1ccc2cc(-c3cccc4c3ccc3ccccc34)ccc2c1.OB(O)c1c2ccccc2c(-c2cccc(-c3ccc4ccccc4c3)c2)c2ccccc12.c1cc(-c2ccc3ccccc3c2)cc(-c2c3ccccc3c(-c3ccc4cc(-c5cccc6c5ccc5ccccc56)ccc4c3)c3ccccc23)c1. The van der Waals surface area contributed by atoms with Crippen LogP contribution in [0, 0.1) is 0 Å². The van der Waals surface area contributed by atoms with Crippen LogP contribution in [0.1, 0.15) is 0 Å². The molecule has 4 heteroatoms. The summed E-state index contributed by atoms with van der Waals surface area (Å²) in [5, 5.41) is 49.6. The van der Waals surface area contributed by atoms with Crippen molar-refractivity contribution in [3.05, 3.63) is 417 Å². The number of halogens is 1. The second-order valence-electron chi connectivity index (χ2n) is 29.2. The van der Waals surface area contributed by atoms with E-state index in [0.717, 1.165) is 42.7 Å². The van der Waals surface area contributed by atoms with Gasteiger partial charge in [-0.05, 0) is 267 Å². The zero-order valence-electron chi connectivity index (χ0n) is 61.1. The molecule has 0 aromatic heterocycles. The quantitative estimate of drug-likeness (QED) is 0.0904. The van der Waals surface area contributed by atoms with E-state index in [9.17, 15) is 10.0 Å².